The summed E-state index contributed by atoms with van der Waals surface area (Å²) in [5.41, 5.74) is 2.11. The molecule has 0 amide bonds. The van der Waals surface area contributed by atoms with E-state index >= 15 is 0 Å². The average molecular weight is 261 g/mol. The monoisotopic (exact) mass is 261 g/mol. The van der Waals surface area contributed by atoms with Gasteiger partial charge in [-0.05, 0) is 43.7 Å². The van der Waals surface area contributed by atoms with E-state index in [4.69, 9.17) is 5.11 Å². The number of thiazole rings is 1. The summed E-state index contributed by atoms with van der Waals surface area (Å²) in [6.07, 6.45) is 1.68. The van der Waals surface area contributed by atoms with E-state index < -0.39 is 0 Å². The number of phenols is 1. The molecule has 1 heterocycles. The van der Waals surface area contributed by atoms with Crippen molar-refractivity contribution in [1.82, 2.24) is 4.57 Å². The molecule has 1 aromatic carbocycles. The molecule has 94 valence electrons. The van der Waals surface area contributed by atoms with E-state index in [-0.39, 0.29) is 5.75 Å². The van der Waals surface area contributed by atoms with E-state index in [0.29, 0.717) is 0 Å². The van der Waals surface area contributed by atoms with Crippen LogP contribution < -0.4 is 4.80 Å². The molecule has 0 atom stereocenters. The van der Waals surface area contributed by atoms with Gasteiger partial charge in [-0.2, -0.15) is 5.10 Å². The highest BCUT2D eigenvalue weighted by molar-refractivity contribution is 7.07. The molecule has 2 aromatic rings. The molecule has 0 aliphatic heterocycles. The SMILES string of the molecule is CCn1c(C)csc1=NN=Cc1ccc(O)cc1. The van der Waals surface area contributed by atoms with Gasteiger partial charge >= 0.3 is 0 Å². The third-order valence-electron chi connectivity index (χ3n) is 2.55. The molecule has 2 rings (SSSR count). The second-order valence-corrected chi connectivity index (χ2v) is 4.68. The maximum absolute atomic E-state index is 9.16. The number of benzene rings is 1. The van der Waals surface area contributed by atoms with E-state index in [1.165, 1.54) is 5.69 Å². The number of phenolic OH excluding ortho intramolecular Hbond substituents is 1. The molecule has 0 spiro atoms. The summed E-state index contributed by atoms with van der Waals surface area (Å²) < 4.78 is 2.11. The van der Waals surface area contributed by atoms with Crippen LogP contribution in [0.2, 0.25) is 0 Å². The molecule has 0 bridgehead atoms. The maximum Gasteiger partial charge on any atom is 0.210 e. The number of hydrogen-bond acceptors (Lipinski definition) is 4. The topological polar surface area (TPSA) is 49.9 Å². The number of aromatic hydroxyl groups is 1. The highest BCUT2D eigenvalue weighted by Crippen LogP contribution is 2.07. The van der Waals surface area contributed by atoms with E-state index in [1.807, 2.05) is 0 Å². The summed E-state index contributed by atoms with van der Waals surface area (Å²) in [5.74, 6) is 0.252. The lowest BCUT2D eigenvalue weighted by molar-refractivity contribution is 0.475. The van der Waals surface area contributed by atoms with Gasteiger partial charge in [-0.15, -0.1) is 16.4 Å². The first-order valence-corrected chi connectivity index (χ1v) is 6.59. The average Bonchev–Trinajstić information content (AvgIpc) is 2.72. The third kappa shape index (κ3) is 2.87. The van der Waals surface area contributed by atoms with E-state index in [2.05, 4.69) is 34.0 Å². The number of hydrogen-bond donors (Lipinski definition) is 1. The fourth-order valence-corrected chi connectivity index (χ4v) is 2.48. The quantitative estimate of drug-likeness (QED) is 0.670. The molecule has 0 aliphatic carbocycles. The van der Waals surface area contributed by atoms with Crippen LogP contribution in [0.1, 0.15) is 18.2 Å². The second-order valence-electron chi connectivity index (χ2n) is 3.84. The van der Waals surface area contributed by atoms with Crippen LogP contribution in [-0.4, -0.2) is 15.9 Å². The lowest BCUT2D eigenvalue weighted by atomic mass is 10.2. The van der Waals surface area contributed by atoms with Crippen molar-refractivity contribution in [2.24, 2.45) is 10.2 Å². The van der Waals surface area contributed by atoms with Gasteiger partial charge in [0.1, 0.15) is 5.75 Å². The van der Waals surface area contributed by atoms with Crippen LogP contribution in [0, 0.1) is 6.92 Å². The Hall–Kier alpha value is -1.88. The molecular weight excluding hydrogens is 246 g/mol. The van der Waals surface area contributed by atoms with Crippen LogP contribution >= 0.6 is 11.3 Å². The highest BCUT2D eigenvalue weighted by atomic mass is 32.1. The fraction of sp³-hybridized carbons (Fsp3) is 0.231. The first kappa shape index (κ1) is 12.6. The minimum Gasteiger partial charge on any atom is -0.508 e. The van der Waals surface area contributed by atoms with Gasteiger partial charge in [0.25, 0.3) is 0 Å². The smallest absolute Gasteiger partial charge is 0.210 e. The number of nitrogens with zero attached hydrogens (tertiary/aromatic N) is 3. The van der Waals surface area contributed by atoms with Gasteiger partial charge in [-0.25, -0.2) is 0 Å². The number of rotatable bonds is 3. The summed E-state index contributed by atoms with van der Waals surface area (Å²) in [4.78, 5) is 0.894. The molecule has 4 nitrogen and oxygen atoms in total. The van der Waals surface area contributed by atoms with Crippen LogP contribution in [-0.2, 0) is 6.54 Å². The molecule has 1 N–H and O–H groups in total. The van der Waals surface area contributed by atoms with Gasteiger partial charge in [0.2, 0.25) is 4.80 Å². The van der Waals surface area contributed by atoms with Crippen molar-refractivity contribution in [3.63, 3.8) is 0 Å². The maximum atomic E-state index is 9.16. The first-order chi connectivity index (χ1) is 8.70. The Labute approximate surface area is 110 Å². The molecule has 5 heteroatoms. The van der Waals surface area contributed by atoms with E-state index in [0.717, 1.165) is 16.9 Å². The Bertz CT molecular complexity index is 608. The van der Waals surface area contributed by atoms with Crippen LogP contribution in [0.25, 0.3) is 0 Å². The number of aromatic nitrogens is 1. The molecule has 0 saturated heterocycles. The van der Waals surface area contributed by atoms with Gasteiger partial charge in [-0.1, -0.05) is 0 Å². The second kappa shape index (κ2) is 5.64. The summed E-state index contributed by atoms with van der Waals surface area (Å²) in [7, 11) is 0. The minimum absolute atomic E-state index is 0.252. The van der Waals surface area contributed by atoms with Crippen molar-refractivity contribution < 1.29 is 5.11 Å². The Morgan fingerprint density at radius 3 is 2.72 bits per heavy atom. The van der Waals surface area contributed by atoms with Gasteiger partial charge in [0, 0.05) is 17.6 Å². The van der Waals surface area contributed by atoms with Crippen molar-refractivity contribution in [1.29, 1.82) is 0 Å². The normalized spacial score (nSPS) is 12.4. The van der Waals surface area contributed by atoms with Gasteiger partial charge in [0.05, 0.1) is 6.21 Å². The summed E-state index contributed by atoms with van der Waals surface area (Å²) >= 11 is 1.58. The lowest BCUT2D eigenvalue weighted by Crippen LogP contribution is -2.14. The van der Waals surface area contributed by atoms with Crippen LogP contribution in [0.3, 0.4) is 0 Å². The minimum atomic E-state index is 0.252. The summed E-state index contributed by atoms with van der Waals surface area (Å²) in [5, 5.41) is 19.5. The zero-order valence-electron chi connectivity index (χ0n) is 10.4. The molecule has 0 aliphatic rings. The Balaban J connectivity index is 2.22. The van der Waals surface area contributed by atoms with Gasteiger partial charge in [-0.3, -0.25) is 0 Å². The van der Waals surface area contributed by atoms with Crippen molar-refractivity contribution in [2.45, 2.75) is 20.4 Å². The van der Waals surface area contributed by atoms with Crippen LogP contribution in [0.15, 0.2) is 39.8 Å². The van der Waals surface area contributed by atoms with Crippen molar-refractivity contribution >= 4 is 17.6 Å². The lowest BCUT2D eigenvalue weighted by Gasteiger charge is -1.98. The molecule has 0 saturated carbocycles. The van der Waals surface area contributed by atoms with E-state index in [9.17, 15) is 0 Å². The van der Waals surface area contributed by atoms with Crippen molar-refractivity contribution in [3.05, 3.63) is 45.7 Å². The summed E-state index contributed by atoms with van der Waals surface area (Å²) in [6.45, 7) is 5.04. The predicted octanol–water partition coefficient (Wildman–Crippen LogP) is 2.52. The predicted molar refractivity (Wildman–Crippen MR) is 74.0 cm³/mol. The fourth-order valence-electron chi connectivity index (χ4n) is 1.58. The third-order valence-corrected chi connectivity index (χ3v) is 3.52. The highest BCUT2D eigenvalue weighted by Gasteiger charge is 1.96. The van der Waals surface area contributed by atoms with Gasteiger partial charge in [0.15, 0.2) is 0 Å². The zero-order chi connectivity index (χ0) is 13.0. The Morgan fingerprint density at radius 2 is 2.06 bits per heavy atom. The number of aryl methyl sites for hydroxylation is 1. The zero-order valence-corrected chi connectivity index (χ0v) is 11.2. The first-order valence-electron chi connectivity index (χ1n) is 5.71. The molecule has 0 unspecified atom stereocenters. The largest absolute Gasteiger partial charge is 0.508 e. The van der Waals surface area contributed by atoms with Crippen molar-refractivity contribution in [3.8, 4) is 5.75 Å². The molecule has 0 radical (unpaired) electrons. The standard InChI is InChI=1S/C13H15N3OS/c1-3-16-10(2)9-18-13(16)15-14-8-11-4-6-12(17)7-5-11/h4-9,17H,3H2,1-2H3. The van der Waals surface area contributed by atoms with Gasteiger partial charge < -0.3 is 9.67 Å². The Morgan fingerprint density at radius 1 is 1.33 bits per heavy atom. The van der Waals surface area contributed by atoms with Crippen LogP contribution in [0.5, 0.6) is 5.75 Å². The molecular formula is C13H15N3OS. The summed E-state index contributed by atoms with van der Waals surface area (Å²) in [6, 6.07) is 6.84. The van der Waals surface area contributed by atoms with Crippen molar-refractivity contribution in [2.75, 3.05) is 0 Å². The van der Waals surface area contributed by atoms with E-state index in [1.54, 1.807) is 41.8 Å². The van der Waals surface area contributed by atoms with Crippen LogP contribution in [0.4, 0.5) is 0 Å². The molecule has 0 fully saturated rings. The Kier molecular flexibility index (Phi) is 3.94. The molecule has 18 heavy (non-hydrogen) atoms. The molecule has 1 aromatic heterocycles.